The molecule has 1 saturated heterocycles. The molecule has 1 aliphatic heterocycles. The second kappa shape index (κ2) is 10.7. The van der Waals surface area contributed by atoms with Gasteiger partial charge < -0.3 is 19.4 Å². The monoisotopic (exact) mass is 499 g/mol. The van der Waals surface area contributed by atoms with Crippen molar-refractivity contribution in [3.8, 4) is 0 Å². The molecule has 1 aromatic heterocycles. The SMILES string of the molecule is CCNC(=NCc1oc2ccccc2c1C)N1CCC(C(=O)OCC)CC1.I. The van der Waals surface area contributed by atoms with Crippen LogP contribution in [0.25, 0.3) is 11.0 Å². The third kappa shape index (κ3) is 5.18. The van der Waals surface area contributed by atoms with Crippen molar-refractivity contribution in [2.45, 2.75) is 40.2 Å². The van der Waals surface area contributed by atoms with Crippen LogP contribution in [-0.2, 0) is 16.1 Å². The Hall–Kier alpha value is -1.77. The van der Waals surface area contributed by atoms with Gasteiger partial charge in [0.25, 0.3) is 0 Å². The molecule has 1 fully saturated rings. The summed E-state index contributed by atoms with van der Waals surface area (Å²) in [6.07, 6.45) is 1.60. The molecule has 2 heterocycles. The predicted molar refractivity (Wildman–Crippen MR) is 122 cm³/mol. The van der Waals surface area contributed by atoms with Gasteiger partial charge in [0.15, 0.2) is 5.96 Å². The molecule has 6 nitrogen and oxygen atoms in total. The number of likely N-dealkylation sites (tertiary alicyclic amines) is 1. The van der Waals surface area contributed by atoms with Gasteiger partial charge in [-0.1, -0.05) is 18.2 Å². The van der Waals surface area contributed by atoms with Crippen molar-refractivity contribution in [2.24, 2.45) is 10.9 Å². The molecule has 1 aliphatic rings. The van der Waals surface area contributed by atoms with E-state index in [2.05, 4.69) is 30.1 Å². The number of nitrogens with one attached hydrogen (secondary N) is 1. The van der Waals surface area contributed by atoms with Gasteiger partial charge >= 0.3 is 5.97 Å². The summed E-state index contributed by atoms with van der Waals surface area (Å²) in [5.74, 6) is 1.70. The molecule has 7 heteroatoms. The molecule has 2 aromatic rings. The summed E-state index contributed by atoms with van der Waals surface area (Å²) in [5.41, 5.74) is 2.05. The Morgan fingerprint density at radius 2 is 2.00 bits per heavy atom. The van der Waals surface area contributed by atoms with Gasteiger partial charge in [0, 0.05) is 30.6 Å². The average molecular weight is 499 g/mol. The number of fused-ring (bicyclic) bond motifs is 1. The summed E-state index contributed by atoms with van der Waals surface area (Å²) >= 11 is 0. The molecular formula is C21H30IN3O3. The highest BCUT2D eigenvalue weighted by atomic mass is 127. The van der Waals surface area contributed by atoms with E-state index in [4.69, 9.17) is 14.1 Å². The minimum Gasteiger partial charge on any atom is -0.466 e. The number of esters is 1. The number of ether oxygens (including phenoxy) is 1. The molecule has 3 rings (SSSR count). The van der Waals surface area contributed by atoms with E-state index < -0.39 is 0 Å². The lowest BCUT2D eigenvalue weighted by atomic mass is 9.97. The van der Waals surface area contributed by atoms with E-state index in [0.29, 0.717) is 13.2 Å². The van der Waals surface area contributed by atoms with E-state index in [-0.39, 0.29) is 35.9 Å². The zero-order valence-corrected chi connectivity index (χ0v) is 19.2. The van der Waals surface area contributed by atoms with Gasteiger partial charge in [-0.25, -0.2) is 4.99 Å². The molecule has 0 amide bonds. The molecule has 0 atom stereocenters. The van der Waals surface area contributed by atoms with Crippen LogP contribution < -0.4 is 5.32 Å². The van der Waals surface area contributed by atoms with Crippen LogP contribution in [-0.4, -0.2) is 43.1 Å². The number of aliphatic imine (C=N–C) groups is 1. The molecule has 0 saturated carbocycles. The first-order chi connectivity index (χ1) is 13.1. The van der Waals surface area contributed by atoms with Crippen LogP contribution in [0.15, 0.2) is 33.7 Å². The van der Waals surface area contributed by atoms with Gasteiger partial charge in [0.2, 0.25) is 0 Å². The minimum atomic E-state index is -0.0722. The second-order valence-electron chi connectivity index (χ2n) is 6.83. The lowest BCUT2D eigenvalue weighted by Crippen LogP contribution is -2.46. The maximum atomic E-state index is 11.9. The van der Waals surface area contributed by atoms with Gasteiger partial charge in [-0.05, 0) is 39.7 Å². The summed E-state index contributed by atoms with van der Waals surface area (Å²) in [4.78, 5) is 18.9. The van der Waals surface area contributed by atoms with E-state index in [1.54, 1.807) is 0 Å². The second-order valence-corrected chi connectivity index (χ2v) is 6.83. The largest absolute Gasteiger partial charge is 0.466 e. The maximum Gasteiger partial charge on any atom is 0.309 e. The van der Waals surface area contributed by atoms with E-state index in [9.17, 15) is 4.79 Å². The summed E-state index contributed by atoms with van der Waals surface area (Å²) in [7, 11) is 0. The number of furan rings is 1. The van der Waals surface area contributed by atoms with Crippen LogP contribution in [0.2, 0.25) is 0 Å². The van der Waals surface area contributed by atoms with Crippen molar-refractivity contribution in [3.63, 3.8) is 0 Å². The summed E-state index contributed by atoms with van der Waals surface area (Å²) in [6.45, 7) is 9.34. The fourth-order valence-electron chi connectivity index (χ4n) is 3.54. The Morgan fingerprint density at radius 1 is 1.29 bits per heavy atom. The molecular weight excluding hydrogens is 469 g/mol. The fraction of sp³-hybridized carbons (Fsp3) is 0.524. The van der Waals surface area contributed by atoms with Crippen molar-refractivity contribution in [2.75, 3.05) is 26.2 Å². The lowest BCUT2D eigenvalue weighted by molar-refractivity contribution is -0.149. The highest BCUT2D eigenvalue weighted by Crippen LogP contribution is 2.25. The Morgan fingerprint density at radius 3 is 2.64 bits per heavy atom. The van der Waals surface area contributed by atoms with Crippen LogP contribution in [0.4, 0.5) is 0 Å². The van der Waals surface area contributed by atoms with Gasteiger partial charge in [-0.15, -0.1) is 24.0 Å². The molecule has 0 unspecified atom stereocenters. The number of nitrogens with zero attached hydrogens (tertiary/aromatic N) is 2. The van der Waals surface area contributed by atoms with Crippen LogP contribution in [0.1, 0.15) is 38.0 Å². The van der Waals surface area contributed by atoms with Crippen molar-refractivity contribution in [1.82, 2.24) is 10.2 Å². The number of aryl methyl sites for hydroxylation is 1. The van der Waals surface area contributed by atoms with E-state index >= 15 is 0 Å². The van der Waals surface area contributed by atoms with E-state index in [0.717, 1.165) is 60.7 Å². The number of carbonyl (C=O) groups excluding carboxylic acids is 1. The molecule has 154 valence electrons. The number of rotatable bonds is 5. The molecule has 0 radical (unpaired) electrons. The van der Waals surface area contributed by atoms with Crippen molar-refractivity contribution in [1.29, 1.82) is 0 Å². The first-order valence-electron chi connectivity index (χ1n) is 9.80. The molecule has 0 aliphatic carbocycles. The predicted octanol–water partition coefficient (Wildman–Crippen LogP) is 4.10. The third-order valence-electron chi connectivity index (χ3n) is 5.06. The van der Waals surface area contributed by atoms with Crippen molar-refractivity contribution < 1.29 is 13.9 Å². The number of guanidine groups is 1. The number of halogens is 1. The van der Waals surface area contributed by atoms with Crippen LogP contribution >= 0.6 is 24.0 Å². The van der Waals surface area contributed by atoms with Crippen molar-refractivity contribution >= 4 is 46.9 Å². The Bertz CT molecular complexity index is 810. The number of para-hydroxylation sites is 1. The number of hydrogen-bond donors (Lipinski definition) is 1. The Kier molecular flexibility index (Phi) is 8.59. The third-order valence-corrected chi connectivity index (χ3v) is 5.06. The number of carbonyl (C=O) groups is 1. The highest BCUT2D eigenvalue weighted by molar-refractivity contribution is 14.0. The summed E-state index contributed by atoms with van der Waals surface area (Å²) in [5, 5.41) is 4.50. The Balaban J connectivity index is 0.00000280. The highest BCUT2D eigenvalue weighted by Gasteiger charge is 2.27. The van der Waals surface area contributed by atoms with Gasteiger partial charge in [0.1, 0.15) is 17.9 Å². The fourth-order valence-corrected chi connectivity index (χ4v) is 3.54. The first-order valence-corrected chi connectivity index (χ1v) is 9.80. The summed E-state index contributed by atoms with van der Waals surface area (Å²) in [6, 6.07) is 8.07. The van der Waals surface area contributed by atoms with Crippen LogP contribution in [0, 0.1) is 12.8 Å². The van der Waals surface area contributed by atoms with E-state index in [1.807, 2.05) is 25.1 Å². The smallest absolute Gasteiger partial charge is 0.309 e. The van der Waals surface area contributed by atoms with Crippen LogP contribution in [0.3, 0.4) is 0 Å². The first kappa shape index (κ1) is 22.5. The standard InChI is InChI=1S/C21H29N3O3.HI/c1-4-22-21(24-12-10-16(11-13-24)20(25)26-5-2)23-14-19-15(3)17-8-6-7-9-18(17)27-19;/h6-9,16H,4-5,10-14H2,1-3H3,(H,22,23);1H. The number of piperidine rings is 1. The topological polar surface area (TPSA) is 67.1 Å². The number of benzene rings is 1. The van der Waals surface area contributed by atoms with Gasteiger partial charge in [-0.2, -0.15) is 0 Å². The molecule has 0 spiro atoms. The summed E-state index contributed by atoms with van der Waals surface area (Å²) < 4.78 is 11.1. The zero-order chi connectivity index (χ0) is 19.2. The maximum absolute atomic E-state index is 11.9. The van der Waals surface area contributed by atoms with Crippen molar-refractivity contribution in [3.05, 3.63) is 35.6 Å². The van der Waals surface area contributed by atoms with Crippen LogP contribution in [0.5, 0.6) is 0 Å². The normalized spacial score (nSPS) is 15.4. The molecule has 0 bridgehead atoms. The Labute approximate surface area is 183 Å². The lowest BCUT2D eigenvalue weighted by Gasteiger charge is -2.33. The number of hydrogen-bond acceptors (Lipinski definition) is 4. The van der Waals surface area contributed by atoms with Gasteiger partial charge in [-0.3, -0.25) is 4.79 Å². The van der Waals surface area contributed by atoms with Gasteiger partial charge in [0.05, 0.1) is 12.5 Å². The average Bonchev–Trinajstić information content (AvgIpc) is 3.01. The molecule has 1 aromatic carbocycles. The molecule has 1 N–H and O–H groups in total. The zero-order valence-electron chi connectivity index (χ0n) is 16.9. The molecule has 28 heavy (non-hydrogen) atoms. The quantitative estimate of drug-likeness (QED) is 0.291. The van der Waals surface area contributed by atoms with E-state index in [1.165, 1.54) is 0 Å². The minimum absolute atomic E-state index is 0.